The van der Waals surface area contributed by atoms with Gasteiger partial charge in [-0.15, -0.1) is 0 Å². The summed E-state index contributed by atoms with van der Waals surface area (Å²) in [4.78, 5) is 22.7. The molecule has 0 radical (unpaired) electrons. The van der Waals surface area contributed by atoms with Crippen molar-refractivity contribution in [2.75, 3.05) is 17.6 Å². The first-order valence-electron chi connectivity index (χ1n) is 7.18. The van der Waals surface area contributed by atoms with E-state index >= 15 is 0 Å². The Morgan fingerprint density at radius 1 is 1.19 bits per heavy atom. The number of nitrogen functional groups attached to an aromatic ring is 1. The predicted octanol–water partition coefficient (Wildman–Crippen LogP) is 2.28. The molecule has 0 unspecified atom stereocenters. The first kappa shape index (κ1) is 15.2. The zero-order valence-electron chi connectivity index (χ0n) is 11.8. The van der Waals surface area contributed by atoms with Gasteiger partial charge in [0.05, 0.1) is 17.3 Å². The molecule has 21 heavy (non-hydrogen) atoms. The van der Waals surface area contributed by atoms with E-state index in [9.17, 15) is 9.59 Å². The molecule has 114 valence electrons. The highest BCUT2D eigenvalue weighted by Gasteiger charge is 2.25. The van der Waals surface area contributed by atoms with Gasteiger partial charge in [-0.05, 0) is 43.7 Å². The van der Waals surface area contributed by atoms with Gasteiger partial charge in [-0.1, -0.05) is 12.1 Å². The number of anilines is 2. The molecule has 0 aliphatic heterocycles. The Labute approximate surface area is 123 Å². The number of rotatable bonds is 4. The van der Waals surface area contributed by atoms with Crippen LogP contribution in [0.4, 0.5) is 16.2 Å². The molecule has 0 bridgehead atoms. The van der Waals surface area contributed by atoms with E-state index in [1.54, 1.807) is 24.3 Å². The van der Waals surface area contributed by atoms with E-state index < -0.39 is 5.97 Å². The first-order chi connectivity index (χ1) is 10.1. The van der Waals surface area contributed by atoms with Gasteiger partial charge in [0.1, 0.15) is 0 Å². The highest BCUT2D eigenvalue weighted by atomic mass is 16.4. The van der Waals surface area contributed by atoms with Crippen LogP contribution < -0.4 is 16.4 Å². The molecule has 1 aromatic carbocycles. The van der Waals surface area contributed by atoms with Gasteiger partial charge in [0, 0.05) is 6.54 Å². The number of benzene rings is 1. The number of carboxylic acids is 1. The number of amides is 2. The van der Waals surface area contributed by atoms with E-state index in [0.717, 1.165) is 12.8 Å². The lowest BCUT2D eigenvalue weighted by Crippen LogP contribution is -2.35. The van der Waals surface area contributed by atoms with E-state index in [4.69, 9.17) is 10.8 Å². The van der Waals surface area contributed by atoms with Crippen LogP contribution in [0.5, 0.6) is 0 Å². The van der Waals surface area contributed by atoms with Gasteiger partial charge in [0.15, 0.2) is 0 Å². The summed E-state index contributed by atoms with van der Waals surface area (Å²) in [5.74, 6) is -0.586. The lowest BCUT2D eigenvalue weighted by molar-refractivity contribution is -0.143. The van der Waals surface area contributed by atoms with Crippen LogP contribution in [-0.2, 0) is 4.79 Å². The van der Waals surface area contributed by atoms with Crippen molar-refractivity contribution in [2.45, 2.75) is 25.7 Å². The van der Waals surface area contributed by atoms with Crippen LogP contribution in [-0.4, -0.2) is 23.7 Å². The highest BCUT2D eigenvalue weighted by molar-refractivity contribution is 5.92. The highest BCUT2D eigenvalue weighted by Crippen LogP contribution is 2.28. The number of urea groups is 1. The van der Waals surface area contributed by atoms with E-state index in [2.05, 4.69) is 10.6 Å². The molecule has 6 nitrogen and oxygen atoms in total. The fraction of sp³-hybridized carbons (Fsp3) is 0.467. The second-order valence-electron chi connectivity index (χ2n) is 5.48. The van der Waals surface area contributed by atoms with Crippen LogP contribution in [0.25, 0.3) is 0 Å². The van der Waals surface area contributed by atoms with Crippen LogP contribution >= 0.6 is 0 Å². The van der Waals surface area contributed by atoms with Gasteiger partial charge >= 0.3 is 12.0 Å². The summed E-state index contributed by atoms with van der Waals surface area (Å²) < 4.78 is 0. The molecule has 0 spiro atoms. The lowest BCUT2D eigenvalue weighted by Gasteiger charge is -2.26. The number of aliphatic carboxylic acids is 1. The third-order valence-electron chi connectivity index (χ3n) is 3.96. The number of carbonyl (C=O) groups excluding carboxylic acids is 1. The van der Waals surface area contributed by atoms with Crippen LogP contribution in [0, 0.1) is 11.8 Å². The molecule has 0 saturated heterocycles. The molecule has 6 heteroatoms. The number of nitrogens with one attached hydrogen (secondary N) is 2. The zero-order valence-corrected chi connectivity index (χ0v) is 11.8. The van der Waals surface area contributed by atoms with Crippen LogP contribution in [0.1, 0.15) is 25.7 Å². The number of carbonyl (C=O) groups is 2. The SMILES string of the molecule is Nc1ccccc1NC(=O)NCC1CCC(C(=O)O)CC1. The van der Waals surface area contributed by atoms with Crippen molar-refractivity contribution >= 4 is 23.4 Å². The molecule has 0 aromatic heterocycles. The standard InChI is InChI=1S/C15H21N3O3/c16-12-3-1-2-4-13(12)18-15(21)17-9-10-5-7-11(8-6-10)14(19)20/h1-4,10-11H,5-9,16H2,(H,19,20)(H2,17,18,21). The Balaban J connectivity index is 1.73. The maximum Gasteiger partial charge on any atom is 0.319 e. The van der Waals surface area contributed by atoms with Gasteiger partial charge in [-0.3, -0.25) is 4.79 Å². The smallest absolute Gasteiger partial charge is 0.319 e. The summed E-state index contributed by atoms with van der Waals surface area (Å²) in [5.41, 5.74) is 6.86. The van der Waals surface area contributed by atoms with Gasteiger partial charge in [0.2, 0.25) is 0 Å². The summed E-state index contributed by atoms with van der Waals surface area (Å²) in [6, 6.07) is 6.79. The van der Waals surface area contributed by atoms with Gasteiger partial charge in [-0.25, -0.2) is 4.79 Å². The van der Waals surface area contributed by atoms with Crippen molar-refractivity contribution in [3.8, 4) is 0 Å². The number of para-hydroxylation sites is 2. The average molecular weight is 291 g/mol. The minimum Gasteiger partial charge on any atom is -0.481 e. The second kappa shape index (κ2) is 6.97. The van der Waals surface area contributed by atoms with E-state index in [-0.39, 0.29) is 11.9 Å². The maximum atomic E-state index is 11.8. The minimum absolute atomic E-state index is 0.223. The maximum absolute atomic E-state index is 11.8. The second-order valence-corrected chi connectivity index (χ2v) is 5.48. The van der Waals surface area contributed by atoms with Gasteiger partial charge in [-0.2, -0.15) is 0 Å². The summed E-state index contributed by atoms with van der Waals surface area (Å²) in [5, 5.41) is 14.5. The molecule has 5 N–H and O–H groups in total. The van der Waals surface area contributed by atoms with Gasteiger partial charge in [0.25, 0.3) is 0 Å². The third-order valence-corrected chi connectivity index (χ3v) is 3.96. The summed E-state index contributed by atoms with van der Waals surface area (Å²) in [7, 11) is 0. The largest absolute Gasteiger partial charge is 0.481 e. The van der Waals surface area contributed by atoms with E-state index in [0.29, 0.717) is 36.7 Å². The van der Waals surface area contributed by atoms with Crippen molar-refractivity contribution in [1.82, 2.24) is 5.32 Å². The quantitative estimate of drug-likeness (QED) is 0.639. The topological polar surface area (TPSA) is 104 Å². The fourth-order valence-corrected chi connectivity index (χ4v) is 2.63. The van der Waals surface area contributed by atoms with Crippen molar-refractivity contribution < 1.29 is 14.7 Å². The van der Waals surface area contributed by atoms with Crippen molar-refractivity contribution in [3.63, 3.8) is 0 Å². The molecule has 1 saturated carbocycles. The number of hydrogen-bond acceptors (Lipinski definition) is 3. The van der Waals surface area contributed by atoms with Crippen molar-refractivity contribution in [2.24, 2.45) is 11.8 Å². The lowest BCUT2D eigenvalue weighted by atomic mass is 9.82. The molecule has 1 aliphatic carbocycles. The molecule has 2 rings (SSSR count). The van der Waals surface area contributed by atoms with Crippen LogP contribution in [0.3, 0.4) is 0 Å². The number of carboxylic acid groups (broad SMARTS) is 1. The Kier molecular flexibility index (Phi) is 5.03. The molecule has 0 atom stereocenters. The molecule has 2 amide bonds. The zero-order chi connectivity index (χ0) is 15.2. The third kappa shape index (κ3) is 4.37. The number of hydrogen-bond donors (Lipinski definition) is 4. The van der Waals surface area contributed by atoms with Crippen molar-refractivity contribution in [1.29, 1.82) is 0 Å². The van der Waals surface area contributed by atoms with E-state index in [1.165, 1.54) is 0 Å². The number of nitrogens with two attached hydrogens (primary N) is 1. The average Bonchev–Trinajstić information content (AvgIpc) is 2.48. The van der Waals surface area contributed by atoms with Crippen LogP contribution in [0.2, 0.25) is 0 Å². The Morgan fingerprint density at radius 3 is 2.48 bits per heavy atom. The molecular weight excluding hydrogens is 270 g/mol. The Hall–Kier alpha value is -2.24. The molecule has 1 aliphatic rings. The Morgan fingerprint density at radius 2 is 1.86 bits per heavy atom. The summed E-state index contributed by atoms with van der Waals surface area (Å²) >= 11 is 0. The van der Waals surface area contributed by atoms with Crippen LogP contribution in [0.15, 0.2) is 24.3 Å². The van der Waals surface area contributed by atoms with Gasteiger partial charge < -0.3 is 21.5 Å². The predicted molar refractivity (Wildman–Crippen MR) is 81.0 cm³/mol. The molecule has 1 fully saturated rings. The monoisotopic (exact) mass is 291 g/mol. The minimum atomic E-state index is -0.710. The molecular formula is C15H21N3O3. The first-order valence-corrected chi connectivity index (χ1v) is 7.18. The van der Waals surface area contributed by atoms with E-state index in [1.807, 2.05) is 0 Å². The summed E-state index contributed by atoms with van der Waals surface area (Å²) in [6.07, 6.45) is 3.05. The molecule has 1 aromatic rings. The Bertz CT molecular complexity index is 511. The normalized spacial score (nSPS) is 21.5. The fourth-order valence-electron chi connectivity index (χ4n) is 2.63. The molecule has 0 heterocycles. The summed E-state index contributed by atoms with van der Waals surface area (Å²) in [6.45, 7) is 0.560. The van der Waals surface area contributed by atoms with Crippen molar-refractivity contribution in [3.05, 3.63) is 24.3 Å².